The summed E-state index contributed by atoms with van der Waals surface area (Å²) in [6.45, 7) is 2.18. The van der Waals surface area contributed by atoms with E-state index in [4.69, 9.17) is 14.6 Å². The molecule has 0 aliphatic carbocycles. The van der Waals surface area contributed by atoms with Gasteiger partial charge in [0.25, 0.3) is 0 Å². The zero-order chi connectivity index (χ0) is 9.68. The normalized spacial score (nSPS) is 10.1. The summed E-state index contributed by atoms with van der Waals surface area (Å²) in [6, 6.07) is 5.58. The maximum absolute atomic E-state index is 8.98. The lowest BCUT2D eigenvalue weighted by molar-refractivity contribution is 0.0505. The SMILES string of the molecule is COCOc1cccc(CO)c1C. The Balaban J connectivity index is 2.81. The van der Waals surface area contributed by atoms with Crippen molar-refractivity contribution >= 4 is 0 Å². The number of hydrogen-bond donors (Lipinski definition) is 1. The number of aliphatic hydroxyl groups excluding tert-OH is 1. The molecule has 13 heavy (non-hydrogen) atoms. The number of rotatable bonds is 4. The fourth-order valence-electron chi connectivity index (χ4n) is 1.11. The first-order valence-electron chi connectivity index (χ1n) is 4.10. The third kappa shape index (κ3) is 2.44. The van der Waals surface area contributed by atoms with Crippen molar-refractivity contribution in [2.75, 3.05) is 13.9 Å². The maximum atomic E-state index is 8.98. The van der Waals surface area contributed by atoms with Crippen LogP contribution in [0.25, 0.3) is 0 Å². The smallest absolute Gasteiger partial charge is 0.188 e. The lowest BCUT2D eigenvalue weighted by Crippen LogP contribution is -2.01. The Hall–Kier alpha value is -1.06. The summed E-state index contributed by atoms with van der Waals surface area (Å²) in [5.74, 6) is 0.758. The second-order valence-corrected chi connectivity index (χ2v) is 2.75. The molecular formula is C10H14O3. The number of benzene rings is 1. The van der Waals surface area contributed by atoms with E-state index in [9.17, 15) is 0 Å². The minimum absolute atomic E-state index is 0.0377. The van der Waals surface area contributed by atoms with Crippen LogP contribution in [0.1, 0.15) is 11.1 Å². The molecule has 3 nitrogen and oxygen atoms in total. The predicted octanol–water partition coefficient (Wildman–Crippen LogP) is 1.47. The summed E-state index contributed by atoms with van der Waals surface area (Å²) in [5, 5.41) is 8.98. The topological polar surface area (TPSA) is 38.7 Å². The van der Waals surface area contributed by atoms with Crippen molar-refractivity contribution in [2.24, 2.45) is 0 Å². The lowest BCUT2D eigenvalue weighted by atomic mass is 10.1. The summed E-state index contributed by atoms with van der Waals surface area (Å²) in [4.78, 5) is 0. The highest BCUT2D eigenvalue weighted by molar-refractivity contribution is 5.38. The zero-order valence-corrected chi connectivity index (χ0v) is 7.91. The molecule has 1 aromatic carbocycles. The lowest BCUT2D eigenvalue weighted by Gasteiger charge is -2.10. The first-order chi connectivity index (χ1) is 6.29. The molecule has 0 aliphatic heterocycles. The summed E-state index contributed by atoms with van der Waals surface area (Å²) >= 11 is 0. The van der Waals surface area contributed by atoms with Gasteiger partial charge in [-0.05, 0) is 24.1 Å². The number of hydrogen-bond acceptors (Lipinski definition) is 3. The van der Waals surface area contributed by atoms with Gasteiger partial charge < -0.3 is 14.6 Å². The minimum atomic E-state index is 0.0377. The molecule has 0 heterocycles. The van der Waals surface area contributed by atoms with Gasteiger partial charge in [-0.25, -0.2) is 0 Å². The Morgan fingerprint density at radius 2 is 2.15 bits per heavy atom. The molecule has 1 rings (SSSR count). The number of methoxy groups -OCH3 is 1. The fourth-order valence-corrected chi connectivity index (χ4v) is 1.11. The van der Waals surface area contributed by atoms with Gasteiger partial charge in [0.1, 0.15) is 5.75 Å². The van der Waals surface area contributed by atoms with Gasteiger partial charge >= 0.3 is 0 Å². The molecular weight excluding hydrogens is 168 g/mol. The van der Waals surface area contributed by atoms with Crippen LogP contribution < -0.4 is 4.74 Å². The van der Waals surface area contributed by atoms with E-state index < -0.39 is 0 Å². The van der Waals surface area contributed by atoms with E-state index in [-0.39, 0.29) is 13.4 Å². The Morgan fingerprint density at radius 1 is 1.38 bits per heavy atom. The summed E-state index contributed by atoms with van der Waals surface area (Å²) < 4.78 is 10.1. The molecule has 1 aromatic rings. The summed E-state index contributed by atoms with van der Waals surface area (Å²) in [5.41, 5.74) is 1.84. The Morgan fingerprint density at radius 3 is 2.77 bits per heavy atom. The Bertz CT molecular complexity index is 271. The van der Waals surface area contributed by atoms with Crippen LogP contribution in [0.3, 0.4) is 0 Å². The van der Waals surface area contributed by atoms with E-state index in [2.05, 4.69) is 0 Å². The highest BCUT2D eigenvalue weighted by atomic mass is 16.7. The highest BCUT2D eigenvalue weighted by Gasteiger charge is 2.02. The second kappa shape index (κ2) is 4.84. The van der Waals surface area contributed by atoms with Gasteiger partial charge in [0.15, 0.2) is 6.79 Å². The molecule has 0 spiro atoms. The average molecular weight is 182 g/mol. The van der Waals surface area contributed by atoms with Crippen molar-refractivity contribution in [2.45, 2.75) is 13.5 Å². The Labute approximate surface area is 77.9 Å². The average Bonchev–Trinajstić information content (AvgIpc) is 2.16. The maximum Gasteiger partial charge on any atom is 0.188 e. The molecule has 0 atom stereocenters. The monoisotopic (exact) mass is 182 g/mol. The van der Waals surface area contributed by atoms with Crippen LogP contribution in [0.2, 0.25) is 0 Å². The van der Waals surface area contributed by atoms with E-state index in [1.54, 1.807) is 7.11 Å². The largest absolute Gasteiger partial charge is 0.467 e. The summed E-state index contributed by atoms with van der Waals surface area (Å²) in [7, 11) is 1.57. The molecule has 0 aromatic heterocycles. The molecule has 72 valence electrons. The molecule has 0 aliphatic rings. The van der Waals surface area contributed by atoms with Crippen LogP contribution >= 0.6 is 0 Å². The van der Waals surface area contributed by atoms with Crippen molar-refractivity contribution in [3.8, 4) is 5.75 Å². The molecule has 0 bridgehead atoms. The van der Waals surface area contributed by atoms with Gasteiger partial charge in [-0.3, -0.25) is 0 Å². The van der Waals surface area contributed by atoms with E-state index in [0.717, 1.165) is 16.9 Å². The fraction of sp³-hybridized carbons (Fsp3) is 0.400. The van der Waals surface area contributed by atoms with Gasteiger partial charge in [-0.15, -0.1) is 0 Å². The van der Waals surface area contributed by atoms with Crippen LogP contribution in [-0.2, 0) is 11.3 Å². The molecule has 0 fully saturated rings. The molecule has 0 unspecified atom stereocenters. The first-order valence-corrected chi connectivity index (χ1v) is 4.10. The first kappa shape index (κ1) is 10.0. The molecule has 0 radical (unpaired) electrons. The third-order valence-electron chi connectivity index (χ3n) is 1.90. The quantitative estimate of drug-likeness (QED) is 0.716. The van der Waals surface area contributed by atoms with Gasteiger partial charge in [-0.2, -0.15) is 0 Å². The van der Waals surface area contributed by atoms with Crippen molar-refractivity contribution in [1.29, 1.82) is 0 Å². The second-order valence-electron chi connectivity index (χ2n) is 2.75. The van der Waals surface area contributed by atoms with E-state index in [0.29, 0.717) is 0 Å². The van der Waals surface area contributed by atoms with Gasteiger partial charge in [0.05, 0.1) is 6.61 Å². The molecule has 3 heteroatoms. The van der Waals surface area contributed by atoms with Gasteiger partial charge in [-0.1, -0.05) is 12.1 Å². The predicted molar refractivity (Wildman–Crippen MR) is 49.6 cm³/mol. The third-order valence-corrected chi connectivity index (χ3v) is 1.90. The van der Waals surface area contributed by atoms with Crippen molar-refractivity contribution in [3.05, 3.63) is 29.3 Å². The number of aliphatic hydroxyl groups is 1. The van der Waals surface area contributed by atoms with Crippen LogP contribution in [0.4, 0.5) is 0 Å². The van der Waals surface area contributed by atoms with E-state index in [1.807, 2.05) is 25.1 Å². The van der Waals surface area contributed by atoms with E-state index in [1.165, 1.54) is 0 Å². The molecule has 0 saturated heterocycles. The molecule has 1 N–H and O–H groups in total. The van der Waals surface area contributed by atoms with Crippen LogP contribution in [0.5, 0.6) is 5.75 Å². The zero-order valence-electron chi connectivity index (χ0n) is 7.91. The van der Waals surface area contributed by atoms with Crippen LogP contribution in [0.15, 0.2) is 18.2 Å². The molecule has 0 saturated carbocycles. The molecule has 0 amide bonds. The van der Waals surface area contributed by atoms with Crippen LogP contribution in [0, 0.1) is 6.92 Å². The van der Waals surface area contributed by atoms with E-state index >= 15 is 0 Å². The van der Waals surface area contributed by atoms with Crippen molar-refractivity contribution in [1.82, 2.24) is 0 Å². The van der Waals surface area contributed by atoms with Crippen molar-refractivity contribution < 1.29 is 14.6 Å². The summed E-state index contributed by atoms with van der Waals surface area (Å²) in [6.07, 6.45) is 0. The number of ether oxygens (including phenoxy) is 2. The Kier molecular flexibility index (Phi) is 3.73. The van der Waals surface area contributed by atoms with Gasteiger partial charge in [0, 0.05) is 7.11 Å². The standard InChI is InChI=1S/C10H14O3/c1-8-9(6-11)4-3-5-10(8)13-7-12-2/h3-5,11H,6-7H2,1-2H3. The van der Waals surface area contributed by atoms with Gasteiger partial charge in [0.2, 0.25) is 0 Å². The highest BCUT2D eigenvalue weighted by Crippen LogP contribution is 2.21. The van der Waals surface area contributed by atoms with Crippen LogP contribution in [-0.4, -0.2) is 19.0 Å². The minimum Gasteiger partial charge on any atom is -0.467 e. The van der Waals surface area contributed by atoms with Crippen molar-refractivity contribution in [3.63, 3.8) is 0 Å².